The molecule has 132 valence electrons. The predicted octanol–water partition coefficient (Wildman–Crippen LogP) is 1.33. The number of piperazine rings is 1. The van der Waals surface area contributed by atoms with Crippen LogP contribution in [0.15, 0.2) is 0 Å². The smallest absolute Gasteiger partial charge is 0.409 e. The number of unbranched alkanes of at least 4 members (excludes halogenated alkanes) is 1. The van der Waals surface area contributed by atoms with Gasteiger partial charge in [0.2, 0.25) is 11.8 Å². The number of amides is 3. The molecule has 1 rings (SSSR count). The minimum absolute atomic E-state index is 0.0124. The lowest BCUT2D eigenvalue weighted by molar-refractivity contribution is -0.134. The maximum absolute atomic E-state index is 12.3. The number of rotatable bonds is 7. The third-order valence-corrected chi connectivity index (χ3v) is 3.98. The highest BCUT2D eigenvalue weighted by atomic mass is 16.6. The summed E-state index contributed by atoms with van der Waals surface area (Å²) in [5, 5.41) is 0. The zero-order chi connectivity index (χ0) is 17.2. The second-order valence-electron chi connectivity index (χ2n) is 5.68. The molecule has 0 aliphatic carbocycles. The zero-order valence-corrected chi connectivity index (χ0v) is 14.5. The quantitative estimate of drug-likeness (QED) is 0.707. The normalized spacial score (nSPS) is 14.6. The van der Waals surface area contributed by atoms with Crippen LogP contribution >= 0.6 is 0 Å². The first-order valence-corrected chi connectivity index (χ1v) is 8.44. The van der Waals surface area contributed by atoms with Crippen LogP contribution in [0.2, 0.25) is 0 Å². The van der Waals surface area contributed by atoms with E-state index in [1.54, 1.807) is 21.6 Å². The molecule has 0 unspecified atom stereocenters. The Labute approximate surface area is 138 Å². The molecule has 0 spiro atoms. The lowest BCUT2D eigenvalue weighted by Crippen LogP contribution is -2.51. The maximum atomic E-state index is 12.3. The fourth-order valence-corrected chi connectivity index (χ4v) is 2.52. The lowest BCUT2D eigenvalue weighted by Gasteiger charge is -2.34. The summed E-state index contributed by atoms with van der Waals surface area (Å²) in [4.78, 5) is 40.5. The van der Waals surface area contributed by atoms with Crippen LogP contribution in [0.1, 0.15) is 40.0 Å². The molecule has 0 aromatic rings. The van der Waals surface area contributed by atoms with Crippen molar-refractivity contribution in [2.45, 2.75) is 40.0 Å². The molecule has 7 heteroatoms. The van der Waals surface area contributed by atoms with Crippen LogP contribution in [0, 0.1) is 0 Å². The van der Waals surface area contributed by atoms with Crippen molar-refractivity contribution in [1.29, 1.82) is 0 Å². The average Bonchev–Trinajstić information content (AvgIpc) is 2.54. The predicted molar refractivity (Wildman–Crippen MR) is 87.0 cm³/mol. The second kappa shape index (κ2) is 10.1. The number of carbonyl (C=O) groups is 3. The highest BCUT2D eigenvalue weighted by Gasteiger charge is 2.25. The van der Waals surface area contributed by atoms with Crippen molar-refractivity contribution in [2.75, 3.05) is 45.9 Å². The Morgan fingerprint density at radius 3 is 2.13 bits per heavy atom. The van der Waals surface area contributed by atoms with Crippen LogP contribution in [0.5, 0.6) is 0 Å². The van der Waals surface area contributed by atoms with E-state index in [0.29, 0.717) is 52.3 Å². The Morgan fingerprint density at radius 1 is 1.00 bits per heavy atom. The molecule has 0 radical (unpaired) electrons. The van der Waals surface area contributed by atoms with Gasteiger partial charge in [0, 0.05) is 52.6 Å². The molecule has 1 fully saturated rings. The van der Waals surface area contributed by atoms with Crippen LogP contribution < -0.4 is 0 Å². The van der Waals surface area contributed by atoms with Gasteiger partial charge in [-0.15, -0.1) is 0 Å². The largest absolute Gasteiger partial charge is 0.450 e. The van der Waals surface area contributed by atoms with Gasteiger partial charge in [0.15, 0.2) is 0 Å². The summed E-state index contributed by atoms with van der Waals surface area (Å²) in [5.41, 5.74) is 0. The van der Waals surface area contributed by atoms with Gasteiger partial charge in [-0.25, -0.2) is 4.79 Å². The Morgan fingerprint density at radius 2 is 1.61 bits per heavy atom. The third kappa shape index (κ3) is 6.46. The number of hydrogen-bond acceptors (Lipinski definition) is 4. The summed E-state index contributed by atoms with van der Waals surface area (Å²) in [6.45, 7) is 8.95. The summed E-state index contributed by atoms with van der Waals surface area (Å²) in [6.07, 6.45) is 1.99. The summed E-state index contributed by atoms with van der Waals surface area (Å²) < 4.78 is 4.96. The summed E-state index contributed by atoms with van der Waals surface area (Å²) >= 11 is 0. The molecular formula is C16H29N3O4. The highest BCUT2D eigenvalue weighted by molar-refractivity contribution is 5.78. The van der Waals surface area contributed by atoms with Crippen molar-refractivity contribution in [3.8, 4) is 0 Å². The van der Waals surface area contributed by atoms with Crippen molar-refractivity contribution < 1.29 is 19.1 Å². The minimum atomic E-state index is -0.318. The lowest BCUT2D eigenvalue weighted by atomic mass is 10.2. The van der Waals surface area contributed by atoms with E-state index < -0.39 is 0 Å². The van der Waals surface area contributed by atoms with Crippen molar-refractivity contribution in [2.24, 2.45) is 0 Å². The second-order valence-corrected chi connectivity index (χ2v) is 5.68. The SMILES string of the molecule is CCCCN(CCC(=O)N1CCN(C(=O)OCC)CC1)C(C)=O. The molecule has 1 aliphatic heterocycles. The molecule has 7 nitrogen and oxygen atoms in total. The molecule has 0 N–H and O–H groups in total. The maximum Gasteiger partial charge on any atom is 0.409 e. The van der Waals surface area contributed by atoms with E-state index in [-0.39, 0.29) is 17.9 Å². The van der Waals surface area contributed by atoms with E-state index in [0.717, 1.165) is 12.8 Å². The third-order valence-electron chi connectivity index (χ3n) is 3.98. The molecule has 3 amide bonds. The zero-order valence-electron chi connectivity index (χ0n) is 14.5. The first-order chi connectivity index (χ1) is 11.0. The van der Waals surface area contributed by atoms with Crippen LogP contribution in [-0.4, -0.2) is 78.5 Å². The van der Waals surface area contributed by atoms with Gasteiger partial charge in [-0.2, -0.15) is 0 Å². The van der Waals surface area contributed by atoms with Crippen LogP contribution in [0.4, 0.5) is 4.79 Å². The van der Waals surface area contributed by atoms with E-state index in [2.05, 4.69) is 6.92 Å². The van der Waals surface area contributed by atoms with Crippen LogP contribution in [0.3, 0.4) is 0 Å². The number of hydrogen-bond donors (Lipinski definition) is 0. The molecule has 1 aliphatic rings. The molecule has 0 aromatic carbocycles. The standard InChI is InChI=1S/C16H29N3O4/c1-4-6-8-17(14(3)20)9-7-15(21)18-10-12-19(13-11-18)16(22)23-5-2/h4-13H2,1-3H3. The van der Waals surface area contributed by atoms with Gasteiger partial charge < -0.3 is 19.4 Å². The van der Waals surface area contributed by atoms with Crippen LogP contribution in [0.25, 0.3) is 0 Å². The molecule has 0 atom stereocenters. The fraction of sp³-hybridized carbons (Fsp3) is 0.812. The molecule has 23 heavy (non-hydrogen) atoms. The fourth-order valence-electron chi connectivity index (χ4n) is 2.52. The molecule has 1 saturated heterocycles. The molecule has 0 saturated carbocycles. The van der Waals surface area contributed by atoms with E-state index in [1.165, 1.54) is 6.92 Å². The van der Waals surface area contributed by atoms with E-state index >= 15 is 0 Å². The number of carbonyl (C=O) groups excluding carboxylic acids is 3. The van der Waals surface area contributed by atoms with E-state index in [9.17, 15) is 14.4 Å². The number of nitrogens with zero attached hydrogens (tertiary/aromatic N) is 3. The van der Waals surface area contributed by atoms with Crippen molar-refractivity contribution in [3.63, 3.8) is 0 Å². The van der Waals surface area contributed by atoms with E-state index in [4.69, 9.17) is 4.74 Å². The molecule has 1 heterocycles. The van der Waals surface area contributed by atoms with Crippen molar-refractivity contribution in [1.82, 2.24) is 14.7 Å². The minimum Gasteiger partial charge on any atom is -0.450 e. The van der Waals surface area contributed by atoms with Crippen LogP contribution in [-0.2, 0) is 14.3 Å². The monoisotopic (exact) mass is 327 g/mol. The van der Waals surface area contributed by atoms with Crippen molar-refractivity contribution >= 4 is 17.9 Å². The van der Waals surface area contributed by atoms with Gasteiger partial charge >= 0.3 is 6.09 Å². The highest BCUT2D eigenvalue weighted by Crippen LogP contribution is 2.07. The molecule has 0 bridgehead atoms. The topological polar surface area (TPSA) is 70.2 Å². The number of ether oxygens (including phenoxy) is 1. The Hall–Kier alpha value is -1.79. The van der Waals surface area contributed by atoms with Gasteiger partial charge in [0.25, 0.3) is 0 Å². The molecule has 0 aromatic heterocycles. The first-order valence-electron chi connectivity index (χ1n) is 8.44. The molecular weight excluding hydrogens is 298 g/mol. The summed E-state index contributed by atoms with van der Waals surface area (Å²) in [7, 11) is 0. The summed E-state index contributed by atoms with van der Waals surface area (Å²) in [5.74, 6) is 0.0506. The summed E-state index contributed by atoms with van der Waals surface area (Å²) in [6, 6.07) is 0. The van der Waals surface area contributed by atoms with Gasteiger partial charge in [-0.1, -0.05) is 13.3 Å². The Kier molecular flexibility index (Phi) is 8.43. The van der Waals surface area contributed by atoms with Gasteiger partial charge in [0.1, 0.15) is 0 Å². The average molecular weight is 327 g/mol. The Balaban J connectivity index is 2.36. The van der Waals surface area contributed by atoms with Gasteiger partial charge in [-0.3, -0.25) is 9.59 Å². The van der Waals surface area contributed by atoms with Crippen molar-refractivity contribution in [3.05, 3.63) is 0 Å². The van der Waals surface area contributed by atoms with Gasteiger partial charge in [-0.05, 0) is 13.3 Å². The van der Waals surface area contributed by atoms with E-state index in [1.807, 2.05) is 0 Å². The Bertz CT molecular complexity index is 406. The van der Waals surface area contributed by atoms with Gasteiger partial charge in [0.05, 0.1) is 6.61 Å². The first kappa shape index (κ1) is 19.3.